The first-order valence-corrected chi connectivity index (χ1v) is 9.76. The van der Waals surface area contributed by atoms with Gasteiger partial charge in [-0.2, -0.15) is 0 Å². The molecule has 0 saturated heterocycles. The van der Waals surface area contributed by atoms with Gasteiger partial charge in [0, 0.05) is 5.70 Å². The quantitative estimate of drug-likeness (QED) is 0.509. The predicted octanol–water partition coefficient (Wildman–Crippen LogP) is 2.60. The summed E-state index contributed by atoms with van der Waals surface area (Å²) in [5.74, 6) is -2.41. The van der Waals surface area contributed by atoms with E-state index in [0.717, 1.165) is 0 Å². The lowest BCUT2D eigenvalue weighted by molar-refractivity contribution is -0.143. The van der Waals surface area contributed by atoms with Crippen LogP contribution >= 0.6 is 0 Å². The minimum atomic E-state index is -0.904. The maximum absolute atomic E-state index is 13.0. The highest BCUT2D eigenvalue weighted by Gasteiger charge is 2.41. The van der Waals surface area contributed by atoms with E-state index in [0.29, 0.717) is 17.0 Å². The molecule has 1 heterocycles. The summed E-state index contributed by atoms with van der Waals surface area (Å²) in [6.45, 7) is 7.03. The first kappa shape index (κ1) is 23.0. The first-order chi connectivity index (χ1) is 14.4. The van der Waals surface area contributed by atoms with E-state index in [9.17, 15) is 14.4 Å². The standard InChI is InChI=1S/C22H27NO7/c1-6-28-20(24)16-13(4)23-19(22(26)30-8-3)18(21(25)29-7-2)17(16)14-10-9-11-15(12-14)27-5/h9-12,17,23H,6-8H2,1-5H3. The second kappa shape index (κ2) is 10.5. The molecule has 0 amide bonds. The molecule has 0 aliphatic carbocycles. The average molecular weight is 417 g/mol. The molecule has 0 radical (unpaired) electrons. The lowest BCUT2D eigenvalue weighted by Gasteiger charge is -2.30. The number of ether oxygens (including phenoxy) is 4. The SMILES string of the molecule is CCOC(=O)C1=C(C(=O)OCC)C(c2cccc(OC)c2)C(C(=O)OCC)=C(C)N1. The molecule has 1 unspecified atom stereocenters. The fourth-order valence-electron chi connectivity index (χ4n) is 3.25. The van der Waals surface area contributed by atoms with Crippen LogP contribution in [-0.4, -0.2) is 44.8 Å². The number of esters is 3. The zero-order valence-electron chi connectivity index (χ0n) is 17.9. The van der Waals surface area contributed by atoms with E-state index < -0.39 is 23.8 Å². The topological polar surface area (TPSA) is 100 Å². The van der Waals surface area contributed by atoms with Crippen LogP contribution in [0.3, 0.4) is 0 Å². The van der Waals surface area contributed by atoms with Crippen molar-refractivity contribution >= 4 is 17.9 Å². The van der Waals surface area contributed by atoms with Crippen molar-refractivity contribution in [1.82, 2.24) is 5.32 Å². The van der Waals surface area contributed by atoms with Crippen LogP contribution in [-0.2, 0) is 28.6 Å². The fraction of sp³-hybridized carbons (Fsp3) is 0.409. The Morgan fingerprint density at radius 1 is 0.900 bits per heavy atom. The molecule has 1 aromatic carbocycles. The monoisotopic (exact) mass is 417 g/mol. The normalized spacial score (nSPS) is 16.0. The summed E-state index contributed by atoms with van der Waals surface area (Å²) in [5.41, 5.74) is 1.09. The number of hydrogen-bond donors (Lipinski definition) is 1. The van der Waals surface area contributed by atoms with Crippen molar-refractivity contribution in [1.29, 1.82) is 0 Å². The van der Waals surface area contributed by atoms with Gasteiger partial charge in [0.05, 0.1) is 44.0 Å². The Bertz CT molecular complexity index is 885. The van der Waals surface area contributed by atoms with Crippen LogP contribution < -0.4 is 10.1 Å². The van der Waals surface area contributed by atoms with Gasteiger partial charge in [0.25, 0.3) is 0 Å². The van der Waals surface area contributed by atoms with Crippen molar-refractivity contribution in [2.45, 2.75) is 33.6 Å². The zero-order valence-corrected chi connectivity index (χ0v) is 17.9. The van der Waals surface area contributed by atoms with Gasteiger partial charge in [-0.1, -0.05) is 12.1 Å². The minimum Gasteiger partial charge on any atom is -0.497 e. The van der Waals surface area contributed by atoms with Gasteiger partial charge in [-0.05, 0) is 45.4 Å². The Balaban J connectivity index is 2.78. The summed E-state index contributed by atoms with van der Waals surface area (Å²) in [5, 5.41) is 2.86. The fourth-order valence-corrected chi connectivity index (χ4v) is 3.25. The van der Waals surface area contributed by atoms with Crippen molar-refractivity contribution in [2.75, 3.05) is 26.9 Å². The summed E-state index contributed by atoms with van der Waals surface area (Å²) in [7, 11) is 1.51. The number of hydrogen-bond acceptors (Lipinski definition) is 8. The summed E-state index contributed by atoms with van der Waals surface area (Å²) in [6, 6.07) is 6.92. The zero-order chi connectivity index (χ0) is 22.3. The van der Waals surface area contributed by atoms with E-state index in [4.69, 9.17) is 18.9 Å². The molecule has 1 atom stereocenters. The van der Waals surface area contributed by atoms with Crippen molar-refractivity contribution in [3.63, 3.8) is 0 Å². The second-order valence-corrected chi connectivity index (χ2v) is 6.32. The summed E-state index contributed by atoms with van der Waals surface area (Å²) < 4.78 is 20.9. The molecule has 0 bridgehead atoms. The van der Waals surface area contributed by atoms with Crippen LogP contribution in [0.25, 0.3) is 0 Å². The number of rotatable bonds is 8. The van der Waals surface area contributed by atoms with Crippen LogP contribution in [0.15, 0.2) is 46.8 Å². The molecule has 1 aliphatic heterocycles. The number of benzene rings is 1. The highest BCUT2D eigenvalue weighted by atomic mass is 16.5. The molecular weight excluding hydrogens is 390 g/mol. The van der Waals surface area contributed by atoms with Gasteiger partial charge in [0.1, 0.15) is 11.4 Å². The van der Waals surface area contributed by atoms with Gasteiger partial charge in [0.15, 0.2) is 0 Å². The van der Waals surface area contributed by atoms with Crippen molar-refractivity contribution in [3.8, 4) is 5.75 Å². The van der Waals surface area contributed by atoms with E-state index in [1.165, 1.54) is 7.11 Å². The van der Waals surface area contributed by atoms with Crippen molar-refractivity contribution in [2.24, 2.45) is 0 Å². The van der Waals surface area contributed by atoms with Gasteiger partial charge in [-0.15, -0.1) is 0 Å². The summed E-state index contributed by atoms with van der Waals surface area (Å²) >= 11 is 0. The highest BCUT2D eigenvalue weighted by Crippen LogP contribution is 2.40. The van der Waals surface area contributed by atoms with E-state index in [1.54, 1.807) is 52.0 Å². The van der Waals surface area contributed by atoms with Gasteiger partial charge in [-0.25, -0.2) is 14.4 Å². The van der Waals surface area contributed by atoms with Crippen LogP contribution in [0.2, 0.25) is 0 Å². The number of methoxy groups -OCH3 is 1. The summed E-state index contributed by atoms with van der Waals surface area (Å²) in [4.78, 5) is 38.4. The maximum Gasteiger partial charge on any atom is 0.355 e. The van der Waals surface area contributed by atoms with Gasteiger partial charge in [0.2, 0.25) is 0 Å². The number of nitrogens with one attached hydrogen (secondary N) is 1. The molecule has 0 fully saturated rings. The molecule has 0 aromatic heterocycles. The summed E-state index contributed by atoms with van der Waals surface area (Å²) in [6.07, 6.45) is 0. The molecule has 1 aromatic rings. The number of carbonyl (C=O) groups is 3. The van der Waals surface area contributed by atoms with Crippen molar-refractivity contribution < 1.29 is 33.3 Å². The van der Waals surface area contributed by atoms with E-state index >= 15 is 0 Å². The van der Waals surface area contributed by atoms with Crippen LogP contribution in [0.4, 0.5) is 0 Å². The van der Waals surface area contributed by atoms with Crippen LogP contribution in [0, 0.1) is 0 Å². The third kappa shape index (κ3) is 4.82. The number of dihydropyridines is 1. The van der Waals surface area contributed by atoms with E-state index in [-0.39, 0.29) is 36.7 Å². The molecule has 8 heteroatoms. The Morgan fingerprint density at radius 2 is 1.47 bits per heavy atom. The Labute approximate surface area is 175 Å². The van der Waals surface area contributed by atoms with Gasteiger partial charge < -0.3 is 24.3 Å². The average Bonchev–Trinajstić information content (AvgIpc) is 2.73. The second-order valence-electron chi connectivity index (χ2n) is 6.32. The minimum absolute atomic E-state index is 0.0165. The number of carbonyl (C=O) groups excluding carboxylic acids is 3. The molecular formula is C22H27NO7. The largest absolute Gasteiger partial charge is 0.497 e. The molecule has 0 saturated carbocycles. The molecule has 1 aliphatic rings. The lowest BCUT2D eigenvalue weighted by Crippen LogP contribution is -2.36. The molecule has 0 spiro atoms. The Morgan fingerprint density at radius 3 is 2.03 bits per heavy atom. The maximum atomic E-state index is 13.0. The Hall–Kier alpha value is -3.29. The molecule has 162 valence electrons. The molecule has 2 rings (SSSR count). The smallest absolute Gasteiger partial charge is 0.355 e. The van der Waals surface area contributed by atoms with Crippen molar-refractivity contribution in [3.05, 3.63) is 52.4 Å². The Kier molecular flexibility index (Phi) is 8.03. The van der Waals surface area contributed by atoms with Crippen LogP contribution in [0.1, 0.15) is 39.2 Å². The van der Waals surface area contributed by atoms with E-state index in [2.05, 4.69) is 5.32 Å². The number of allylic oxidation sites excluding steroid dienone is 1. The lowest BCUT2D eigenvalue weighted by atomic mass is 9.80. The first-order valence-electron chi connectivity index (χ1n) is 9.76. The van der Waals surface area contributed by atoms with Gasteiger partial charge >= 0.3 is 17.9 Å². The van der Waals surface area contributed by atoms with Gasteiger partial charge in [-0.3, -0.25) is 0 Å². The highest BCUT2D eigenvalue weighted by molar-refractivity contribution is 6.06. The third-order valence-electron chi connectivity index (χ3n) is 4.46. The molecule has 8 nitrogen and oxygen atoms in total. The van der Waals surface area contributed by atoms with E-state index in [1.807, 2.05) is 0 Å². The molecule has 30 heavy (non-hydrogen) atoms. The van der Waals surface area contributed by atoms with Crippen LogP contribution in [0.5, 0.6) is 5.75 Å². The molecule has 1 N–H and O–H groups in total. The third-order valence-corrected chi connectivity index (χ3v) is 4.46. The predicted molar refractivity (Wildman–Crippen MR) is 108 cm³/mol.